The number of benzene rings is 1. The summed E-state index contributed by atoms with van der Waals surface area (Å²) in [6, 6.07) is 3.74. The average molecular weight is 328 g/mol. The van der Waals surface area contributed by atoms with Gasteiger partial charge < -0.3 is 10.6 Å². The van der Waals surface area contributed by atoms with Crippen LogP contribution in [0, 0.1) is 5.92 Å². The van der Waals surface area contributed by atoms with Crippen LogP contribution in [-0.2, 0) is 15.8 Å². The molecular formula is C16H19F3N2O2. The fourth-order valence-corrected chi connectivity index (χ4v) is 2.90. The molecule has 0 aliphatic heterocycles. The molecule has 0 bridgehead atoms. The van der Waals surface area contributed by atoms with E-state index in [1.54, 1.807) is 0 Å². The van der Waals surface area contributed by atoms with Crippen molar-refractivity contribution in [3.05, 3.63) is 29.8 Å². The van der Waals surface area contributed by atoms with Crippen LogP contribution >= 0.6 is 0 Å². The third kappa shape index (κ3) is 4.71. The topological polar surface area (TPSA) is 58.2 Å². The fourth-order valence-electron chi connectivity index (χ4n) is 2.90. The van der Waals surface area contributed by atoms with Crippen molar-refractivity contribution in [3.8, 4) is 0 Å². The molecular weight excluding hydrogens is 309 g/mol. The highest BCUT2D eigenvalue weighted by Gasteiger charge is 2.33. The molecule has 1 aliphatic carbocycles. The lowest BCUT2D eigenvalue weighted by Gasteiger charge is -2.23. The molecule has 1 aromatic carbocycles. The number of nitrogens with one attached hydrogen (secondary N) is 2. The lowest BCUT2D eigenvalue weighted by atomic mass is 9.97. The first-order valence-electron chi connectivity index (χ1n) is 7.52. The summed E-state index contributed by atoms with van der Waals surface area (Å²) in [5, 5.41) is 5.10. The number of anilines is 1. The van der Waals surface area contributed by atoms with Crippen molar-refractivity contribution in [2.45, 2.75) is 44.8 Å². The number of halogens is 3. The van der Waals surface area contributed by atoms with Crippen molar-refractivity contribution in [2.75, 3.05) is 5.32 Å². The Morgan fingerprint density at radius 3 is 2.43 bits per heavy atom. The van der Waals surface area contributed by atoms with Gasteiger partial charge in [-0.25, -0.2) is 0 Å². The molecule has 0 heterocycles. The van der Waals surface area contributed by atoms with Gasteiger partial charge in [0.2, 0.25) is 11.8 Å². The smallest absolute Gasteiger partial charge is 0.344 e. The Hall–Kier alpha value is -2.05. The summed E-state index contributed by atoms with van der Waals surface area (Å²) in [6.07, 6.45) is -0.861. The molecule has 0 aromatic heterocycles. The van der Waals surface area contributed by atoms with E-state index in [9.17, 15) is 22.8 Å². The summed E-state index contributed by atoms with van der Waals surface area (Å²) < 4.78 is 38.1. The molecule has 2 N–H and O–H groups in total. The van der Waals surface area contributed by atoms with Crippen LogP contribution in [0.4, 0.5) is 18.9 Å². The van der Waals surface area contributed by atoms with Gasteiger partial charge >= 0.3 is 6.18 Å². The Bertz CT molecular complexity index is 581. The minimum atomic E-state index is -4.47. The quantitative estimate of drug-likeness (QED) is 0.890. The molecule has 1 saturated carbocycles. The van der Waals surface area contributed by atoms with E-state index in [2.05, 4.69) is 10.6 Å². The van der Waals surface area contributed by atoms with Crippen LogP contribution in [0.5, 0.6) is 0 Å². The van der Waals surface area contributed by atoms with E-state index in [1.165, 1.54) is 19.1 Å². The Balaban J connectivity index is 2.13. The molecule has 23 heavy (non-hydrogen) atoms. The fraction of sp³-hybridized carbons (Fsp3) is 0.500. The molecule has 4 nitrogen and oxygen atoms in total. The molecule has 2 amide bonds. The van der Waals surface area contributed by atoms with Crippen molar-refractivity contribution in [1.82, 2.24) is 5.32 Å². The van der Waals surface area contributed by atoms with Crippen molar-refractivity contribution in [1.29, 1.82) is 0 Å². The molecule has 126 valence electrons. The number of rotatable bonds is 4. The van der Waals surface area contributed by atoms with Crippen molar-refractivity contribution in [2.24, 2.45) is 5.92 Å². The zero-order valence-electron chi connectivity index (χ0n) is 12.7. The summed E-state index contributed by atoms with van der Waals surface area (Å²) in [4.78, 5) is 23.7. The second-order valence-electron chi connectivity index (χ2n) is 5.79. The third-order valence-electron chi connectivity index (χ3n) is 3.97. The maximum atomic E-state index is 12.7. The van der Waals surface area contributed by atoms with Crippen LogP contribution in [0.15, 0.2) is 24.3 Å². The molecule has 2 rings (SSSR count). The predicted molar refractivity (Wildman–Crippen MR) is 79.6 cm³/mol. The van der Waals surface area contributed by atoms with Gasteiger partial charge in [0.1, 0.15) is 6.04 Å². The van der Waals surface area contributed by atoms with Gasteiger partial charge in [0.05, 0.1) is 5.56 Å². The first-order valence-corrected chi connectivity index (χ1v) is 7.52. The van der Waals surface area contributed by atoms with Gasteiger partial charge in [-0.1, -0.05) is 18.9 Å². The van der Waals surface area contributed by atoms with Crippen molar-refractivity contribution >= 4 is 17.5 Å². The zero-order valence-corrected chi connectivity index (χ0v) is 12.7. The van der Waals surface area contributed by atoms with E-state index in [4.69, 9.17) is 0 Å². The van der Waals surface area contributed by atoms with Crippen LogP contribution in [0.25, 0.3) is 0 Å². The second kappa shape index (κ2) is 7.02. The predicted octanol–water partition coefficient (Wildman–Crippen LogP) is 3.34. The molecule has 0 saturated heterocycles. The molecule has 1 aromatic rings. The Morgan fingerprint density at radius 1 is 1.22 bits per heavy atom. The zero-order chi connectivity index (χ0) is 17.0. The summed E-state index contributed by atoms with van der Waals surface area (Å²) in [7, 11) is 0. The normalized spacial score (nSPS) is 16.9. The van der Waals surface area contributed by atoms with E-state index in [0.29, 0.717) is 0 Å². The molecule has 7 heteroatoms. The minimum absolute atomic E-state index is 0.0182. The van der Waals surface area contributed by atoms with E-state index >= 15 is 0 Å². The van der Waals surface area contributed by atoms with Gasteiger partial charge in [0.25, 0.3) is 0 Å². The average Bonchev–Trinajstić information content (AvgIpc) is 2.97. The van der Waals surface area contributed by atoms with E-state index in [1.807, 2.05) is 0 Å². The molecule has 0 spiro atoms. The molecule has 1 aliphatic rings. The van der Waals surface area contributed by atoms with Crippen molar-refractivity contribution < 1.29 is 22.8 Å². The van der Waals surface area contributed by atoms with Crippen LogP contribution in [-0.4, -0.2) is 17.9 Å². The highest BCUT2D eigenvalue weighted by atomic mass is 19.4. The van der Waals surface area contributed by atoms with E-state index < -0.39 is 23.7 Å². The van der Waals surface area contributed by atoms with Gasteiger partial charge in [-0.05, 0) is 37.0 Å². The summed E-state index contributed by atoms with van der Waals surface area (Å²) in [5.74, 6) is -0.794. The maximum absolute atomic E-state index is 12.7. The summed E-state index contributed by atoms with van der Waals surface area (Å²) >= 11 is 0. The number of amides is 2. The van der Waals surface area contributed by atoms with Gasteiger partial charge in [0, 0.05) is 12.6 Å². The Kier molecular flexibility index (Phi) is 5.28. The number of carbonyl (C=O) groups is 2. The van der Waals surface area contributed by atoms with Crippen molar-refractivity contribution in [3.63, 3.8) is 0 Å². The van der Waals surface area contributed by atoms with Gasteiger partial charge in [-0.3, -0.25) is 9.59 Å². The number of hydrogen-bond donors (Lipinski definition) is 2. The standard InChI is InChI=1S/C16H19F3N2O2/c1-10(22)20-14(11-5-2-3-6-11)15(23)21-13-8-4-7-12(9-13)16(17,18)19/h4,7-9,11,14H,2-3,5-6H2,1H3,(H,20,22)(H,21,23)/t14-/m1/s1. The second-order valence-corrected chi connectivity index (χ2v) is 5.79. The lowest BCUT2D eigenvalue weighted by Crippen LogP contribution is -2.47. The van der Waals surface area contributed by atoms with Gasteiger partial charge in [-0.15, -0.1) is 0 Å². The largest absolute Gasteiger partial charge is 0.416 e. The highest BCUT2D eigenvalue weighted by molar-refractivity contribution is 5.97. The lowest BCUT2D eigenvalue weighted by molar-refractivity contribution is -0.137. The van der Waals surface area contributed by atoms with E-state index in [0.717, 1.165) is 37.8 Å². The minimum Gasteiger partial charge on any atom is -0.344 e. The molecule has 0 unspecified atom stereocenters. The molecule has 0 radical (unpaired) electrons. The Morgan fingerprint density at radius 2 is 1.87 bits per heavy atom. The number of alkyl halides is 3. The number of carbonyl (C=O) groups excluding carboxylic acids is 2. The van der Waals surface area contributed by atoms with E-state index in [-0.39, 0.29) is 17.5 Å². The summed E-state index contributed by atoms with van der Waals surface area (Å²) in [5.41, 5.74) is -0.759. The van der Waals surface area contributed by atoms with Gasteiger partial charge in [0.15, 0.2) is 0 Å². The van der Waals surface area contributed by atoms with Crippen LogP contribution in [0.2, 0.25) is 0 Å². The van der Waals surface area contributed by atoms with Crippen LogP contribution < -0.4 is 10.6 Å². The SMILES string of the molecule is CC(=O)N[C@@H](C(=O)Nc1cccc(C(F)(F)F)c1)C1CCCC1. The first kappa shape index (κ1) is 17.3. The molecule has 1 atom stereocenters. The molecule has 1 fully saturated rings. The first-order chi connectivity index (χ1) is 10.8. The summed E-state index contributed by atoms with van der Waals surface area (Å²) in [6.45, 7) is 1.32. The van der Waals surface area contributed by atoms with Gasteiger partial charge in [-0.2, -0.15) is 13.2 Å². The Labute approximate surface area is 132 Å². The third-order valence-corrected chi connectivity index (χ3v) is 3.97. The van der Waals surface area contributed by atoms with Crippen LogP contribution in [0.1, 0.15) is 38.2 Å². The highest BCUT2D eigenvalue weighted by Crippen LogP contribution is 2.31. The number of hydrogen-bond acceptors (Lipinski definition) is 2. The maximum Gasteiger partial charge on any atom is 0.416 e. The monoisotopic (exact) mass is 328 g/mol. The van der Waals surface area contributed by atoms with Crippen LogP contribution in [0.3, 0.4) is 0 Å².